The quantitative estimate of drug-likeness (QED) is 0.169. The maximum Gasteiger partial charge on any atom is 0.160 e. The van der Waals surface area contributed by atoms with Gasteiger partial charge >= 0.3 is 0 Å². The molecule has 10 aromatic rings. The number of fused-ring (bicyclic) bond motifs is 5. The van der Waals surface area contributed by atoms with Gasteiger partial charge in [0.1, 0.15) is 0 Å². The SMILES string of the molecule is CC1(C)c2cc3ccccc3cc2-c2c(-c3cc(-c4ccc5ccccc5c4)cc(-c4cc(-c5cccc(-c6ccccc6)c5)nc(-c5ccccc5)n4)c3)cccc21. The molecule has 0 radical (unpaired) electrons. The first-order valence-corrected chi connectivity index (χ1v) is 20.4. The minimum Gasteiger partial charge on any atom is -0.228 e. The first kappa shape index (κ1) is 34.8. The van der Waals surface area contributed by atoms with Gasteiger partial charge in [0, 0.05) is 22.1 Å². The maximum absolute atomic E-state index is 5.35. The summed E-state index contributed by atoms with van der Waals surface area (Å²) in [6.45, 7) is 4.74. The molecule has 0 saturated carbocycles. The van der Waals surface area contributed by atoms with Gasteiger partial charge in [0.2, 0.25) is 0 Å². The van der Waals surface area contributed by atoms with E-state index in [2.05, 4.69) is 214 Å². The fraction of sp³-hybridized carbons (Fsp3) is 0.0526. The minimum absolute atomic E-state index is 0.149. The van der Waals surface area contributed by atoms with Gasteiger partial charge in [-0.25, -0.2) is 9.97 Å². The van der Waals surface area contributed by atoms with Gasteiger partial charge in [0.25, 0.3) is 0 Å². The summed E-state index contributed by atoms with van der Waals surface area (Å²) in [5, 5.41) is 4.98. The molecule has 2 heteroatoms. The van der Waals surface area contributed by atoms with Crippen molar-refractivity contribution >= 4 is 21.5 Å². The summed E-state index contributed by atoms with van der Waals surface area (Å²) in [4.78, 5) is 10.6. The number of hydrogen-bond donors (Lipinski definition) is 0. The monoisotopic (exact) mass is 752 g/mol. The summed E-state index contributed by atoms with van der Waals surface area (Å²) in [5.74, 6) is 0.698. The first-order valence-electron chi connectivity index (χ1n) is 20.4. The van der Waals surface area contributed by atoms with Crippen LogP contribution in [0.2, 0.25) is 0 Å². The molecule has 1 aliphatic carbocycles. The highest BCUT2D eigenvalue weighted by Crippen LogP contribution is 2.53. The molecule has 0 atom stereocenters. The van der Waals surface area contributed by atoms with Gasteiger partial charge in [0.05, 0.1) is 11.4 Å². The molecule has 0 N–H and O–H groups in total. The van der Waals surface area contributed by atoms with Crippen LogP contribution in [0, 0.1) is 0 Å². The molecule has 0 saturated heterocycles. The molecule has 0 amide bonds. The Morgan fingerprint density at radius 3 is 1.61 bits per heavy atom. The van der Waals surface area contributed by atoms with E-state index in [-0.39, 0.29) is 5.41 Å². The van der Waals surface area contributed by atoms with Crippen molar-refractivity contribution in [2.24, 2.45) is 0 Å². The van der Waals surface area contributed by atoms with E-state index in [0.717, 1.165) is 44.8 Å². The maximum atomic E-state index is 5.35. The second-order valence-corrected chi connectivity index (χ2v) is 16.2. The Labute approximate surface area is 345 Å². The molecule has 0 unspecified atom stereocenters. The van der Waals surface area contributed by atoms with Gasteiger partial charge in [-0.05, 0) is 126 Å². The van der Waals surface area contributed by atoms with Crippen LogP contribution in [0.1, 0.15) is 25.0 Å². The zero-order valence-electron chi connectivity index (χ0n) is 33.0. The summed E-state index contributed by atoms with van der Waals surface area (Å²) in [6.07, 6.45) is 0. The van der Waals surface area contributed by atoms with Gasteiger partial charge in [-0.3, -0.25) is 0 Å². The van der Waals surface area contributed by atoms with Crippen LogP contribution in [0.3, 0.4) is 0 Å². The zero-order valence-corrected chi connectivity index (χ0v) is 33.0. The fourth-order valence-corrected chi connectivity index (χ4v) is 9.13. The average Bonchev–Trinajstić information content (AvgIpc) is 3.53. The van der Waals surface area contributed by atoms with E-state index in [1.165, 1.54) is 60.5 Å². The molecule has 0 fully saturated rings. The van der Waals surface area contributed by atoms with E-state index in [0.29, 0.717) is 5.82 Å². The van der Waals surface area contributed by atoms with Crippen molar-refractivity contribution < 1.29 is 0 Å². The lowest BCUT2D eigenvalue weighted by Gasteiger charge is -2.22. The standard InChI is InChI=1S/C57H40N2/c1-57(2)51-26-14-25-49(55(51)50-34-42-21-11-12-22-43(42)35-52(50)57)47-31-46(44-28-27-38-17-9-10-20-40(38)29-44)32-48(33-47)54-36-53(58-56(59-54)39-18-7-4-8-19-39)45-24-13-23-41(30-45)37-15-5-3-6-16-37/h3-36H,1-2H3. The van der Waals surface area contributed by atoms with Gasteiger partial charge in [0.15, 0.2) is 5.82 Å². The predicted molar refractivity (Wildman–Crippen MR) is 247 cm³/mol. The molecule has 9 aromatic carbocycles. The van der Waals surface area contributed by atoms with E-state index in [1.807, 2.05) is 6.07 Å². The van der Waals surface area contributed by atoms with Gasteiger partial charge in [-0.2, -0.15) is 0 Å². The summed E-state index contributed by atoms with van der Waals surface area (Å²) in [5.41, 5.74) is 17.0. The van der Waals surface area contributed by atoms with Crippen LogP contribution in [0.5, 0.6) is 0 Å². The second-order valence-electron chi connectivity index (χ2n) is 16.2. The van der Waals surface area contributed by atoms with Crippen molar-refractivity contribution in [3.63, 3.8) is 0 Å². The Morgan fingerprint density at radius 2 is 0.847 bits per heavy atom. The molecule has 1 heterocycles. The summed E-state index contributed by atoms with van der Waals surface area (Å²) in [7, 11) is 0. The number of nitrogens with zero attached hydrogens (tertiary/aromatic N) is 2. The van der Waals surface area contributed by atoms with Crippen LogP contribution in [0.4, 0.5) is 0 Å². The normalized spacial score (nSPS) is 12.7. The Balaban J connectivity index is 1.15. The van der Waals surface area contributed by atoms with E-state index in [4.69, 9.17) is 9.97 Å². The van der Waals surface area contributed by atoms with Gasteiger partial charge in [-0.1, -0.05) is 172 Å². The fourth-order valence-electron chi connectivity index (χ4n) is 9.13. The molecule has 0 spiro atoms. The smallest absolute Gasteiger partial charge is 0.160 e. The Kier molecular flexibility index (Phi) is 8.20. The summed E-state index contributed by atoms with van der Waals surface area (Å²) < 4.78 is 0. The van der Waals surface area contributed by atoms with Crippen molar-refractivity contribution in [3.05, 3.63) is 217 Å². The number of aromatic nitrogens is 2. The van der Waals surface area contributed by atoms with Crippen molar-refractivity contribution in [1.29, 1.82) is 0 Å². The summed E-state index contributed by atoms with van der Waals surface area (Å²) in [6, 6.07) is 74.5. The van der Waals surface area contributed by atoms with Crippen molar-refractivity contribution in [2.75, 3.05) is 0 Å². The Hall–Kier alpha value is -7.42. The average molecular weight is 753 g/mol. The van der Waals surface area contributed by atoms with E-state index >= 15 is 0 Å². The molecule has 1 aromatic heterocycles. The highest BCUT2D eigenvalue weighted by atomic mass is 14.9. The molecule has 278 valence electrons. The number of benzene rings is 9. The Morgan fingerprint density at radius 1 is 0.305 bits per heavy atom. The zero-order chi connectivity index (χ0) is 39.5. The molecule has 59 heavy (non-hydrogen) atoms. The molecule has 1 aliphatic rings. The van der Waals surface area contributed by atoms with Crippen molar-refractivity contribution in [2.45, 2.75) is 19.3 Å². The third-order valence-corrected chi connectivity index (χ3v) is 12.2. The topological polar surface area (TPSA) is 25.8 Å². The van der Waals surface area contributed by atoms with Gasteiger partial charge in [-0.15, -0.1) is 0 Å². The largest absolute Gasteiger partial charge is 0.228 e. The molecular weight excluding hydrogens is 713 g/mol. The summed E-state index contributed by atoms with van der Waals surface area (Å²) >= 11 is 0. The highest BCUT2D eigenvalue weighted by Gasteiger charge is 2.37. The minimum atomic E-state index is -0.149. The van der Waals surface area contributed by atoms with Crippen LogP contribution in [0.25, 0.3) is 100.0 Å². The molecule has 0 bridgehead atoms. The van der Waals surface area contributed by atoms with Crippen LogP contribution in [-0.2, 0) is 5.41 Å². The lowest BCUT2D eigenvalue weighted by Crippen LogP contribution is -2.14. The van der Waals surface area contributed by atoms with Crippen LogP contribution < -0.4 is 0 Å². The van der Waals surface area contributed by atoms with Crippen LogP contribution in [-0.4, -0.2) is 9.97 Å². The first-order chi connectivity index (χ1) is 29.0. The Bertz CT molecular complexity index is 3230. The molecule has 2 nitrogen and oxygen atoms in total. The van der Waals surface area contributed by atoms with Crippen molar-refractivity contribution in [1.82, 2.24) is 9.97 Å². The third-order valence-electron chi connectivity index (χ3n) is 12.2. The molecular formula is C57H40N2. The van der Waals surface area contributed by atoms with Crippen molar-refractivity contribution in [3.8, 4) is 78.4 Å². The van der Waals surface area contributed by atoms with Gasteiger partial charge < -0.3 is 0 Å². The van der Waals surface area contributed by atoms with Crippen LogP contribution >= 0.6 is 0 Å². The highest BCUT2D eigenvalue weighted by molar-refractivity contribution is 6.00. The predicted octanol–water partition coefficient (Wildman–Crippen LogP) is 15.1. The number of hydrogen-bond acceptors (Lipinski definition) is 2. The lowest BCUT2D eigenvalue weighted by molar-refractivity contribution is 0.661. The van der Waals surface area contributed by atoms with Crippen LogP contribution in [0.15, 0.2) is 206 Å². The van der Waals surface area contributed by atoms with E-state index < -0.39 is 0 Å². The molecule has 11 rings (SSSR count). The third kappa shape index (κ3) is 6.13. The lowest BCUT2D eigenvalue weighted by atomic mass is 9.81. The second kappa shape index (κ2) is 13.9. The number of rotatable bonds is 6. The molecule has 0 aliphatic heterocycles. The van der Waals surface area contributed by atoms with E-state index in [9.17, 15) is 0 Å². The van der Waals surface area contributed by atoms with E-state index in [1.54, 1.807) is 0 Å².